The lowest BCUT2D eigenvalue weighted by molar-refractivity contribution is -0.119. The summed E-state index contributed by atoms with van der Waals surface area (Å²) in [4.78, 5) is 12.5. The maximum absolute atomic E-state index is 13.4. The predicted molar refractivity (Wildman–Crippen MR) is 125 cm³/mol. The average molecular weight is 470 g/mol. The molecule has 1 amide bonds. The van der Waals surface area contributed by atoms with Crippen LogP contribution in [0, 0.1) is 12.7 Å². The number of anilines is 1. The zero-order valence-corrected chi connectivity index (χ0v) is 19.0. The number of rotatable bonds is 9. The van der Waals surface area contributed by atoms with Crippen LogP contribution in [0.2, 0.25) is 0 Å². The Morgan fingerprint density at radius 3 is 2.27 bits per heavy atom. The fourth-order valence-electron chi connectivity index (χ4n) is 2.92. The highest BCUT2D eigenvalue weighted by molar-refractivity contribution is 7.92. The number of carbonyl (C=O) groups is 1. The van der Waals surface area contributed by atoms with Crippen molar-refractivity contribution in [2.24, 2.45) is 5.10 Å². The third-order valence-electron chi connectivity index (χ3n) is 4.60. The highest BCUT2D eigenvalue weighted by Crippen LogP contribution is 2.24. The first-order valence-electron chi connectivity index (χ1n) is 10.2. The van der Waals surface area contributed by atoms with E-state index in [1.165, 1.54) is 30.5 Å². The van der Waals surface area contributed by atoms with E-state index in [0.717, 1.165) is 33.3 Å². The molecule has 0 aliphatic carbocycles. The number of amides is 1. The Bertz CT molecular complexity index is 1210. The van der Waals surface area contributed by atoms with Crippen LogP contribution in [0.25, 0.3) is 0 Å². The molecule has 9 heteroatoms. The van der Waals surface area contributed by atoms with Crippen molar-refractivity contribution in [3.63, 3.8) is 0 Å². The number of nitrogens with zero attached hydrogens (tertiary/aromatic N) is 2. The van der Waals surface area contributed by atoms with E-state index >= 15 is 0 Å². The van der Waals surface area contributed by atoms with Gasteiger partial charge >= 0.3 is 0 Å². The van der Waals surface area contributed by atoms with Crippen molar-refractivity contribution in [2.45, 2.75) is 18.7 Å². The van der Waals surface area contributed by atoms with Gasteiger partial charge in [0, 0.05) is 0 Å². The maximum Gasteiger partial charge on any atom is 0.264 e. The van der Waals surface area contributed by atoms with Crippen LogP contribution in [0.15, 0.2) is 82.8 Å². The van der Waals surface area contributed by atoms with Crippen LogP contribution in [0.4, 0.5) is 10.1 Å². The number of nitrogens with one attached hydrogen (secondary N) is 1. The third kappa shape index (κ3) is 6.39. The molecule has 0 aromatic heterocycles. The minimum absolute atomic E-state index is 0.0168. The van der Waals surface area contributed by atoms with Crippen molar-refractivity contribution in [1.29, 1.82) is 0 Å². The highest BCUT2D eigenvalue weighted by Gasteiger charge is 2.27. The Morgan fingerprint density at radius 2 is 1.67 bits per heavy atom. The van der Waals surface area contributed by atoms with Gasteiger partial charge in [0.2, 0.25) is 0 Å². The Kier molecular flexibility index (Phi) is 7.78. The van der Waals surface area contributed by atoms with Gasteiger partial charge in [-0.1, -0.05) is 17.7 Å². The van der Waals surface area contributed by atoms with Gasteiger partial charge in [-0.05, 0) is 80.1 Å². The first-order chi connectivity index (χ1) is 15.8. The number of ether oxygens (including phenoxy) is 1. The molecule has 0 heterocycles. The average Bonchev–Trinajstić information content (AvgIpc) is 2.80. The van der Waals surface area contributed by atoms with Crippen molar-refractivity contribution < 1.29 is 22.3 Å². The van der Waals surface area contributed by atoms with Crippen LogP contribution in [0.5, 0.6) is 5.75 Å². The van der Waals surface area contributed by atoms with Gasteiger partial charge in [-0.3, -0.25) is 9.10 Å². The first-order valence-corrected chi connectivity index (χ1v) is 11.6. The molecule has 0 radical (unpaired) electrons. The Hall–Kier alpha value is -3.72. The van der Waals surface area contributed by atoms with Crippen molar-refractivity contribution in [1.82, 2.24) is 5.43 Å². The van der Waals surface area contributed by atoms with Crippen molar-refractivity contribution >= 4 is 27.8 Å². The predicted octanol–water partition coefficient (Wildman–Crippen LogP) is 3.88. The summed E-state index contributed by atoms with van der Waals surface area (Å²) in [5.74, 6) is -0.456. The number of benzene rings is 3. The molecule has 0 bridgehead atoms. The molecule has 0 atom stereocenters. The first kappa shape index (κ1) is 23.9. The molecule has 0 unspecified atom stereocenters. The second kappa shape index (κ2) is 10.7. The Labute approximate surface area is 192 Å². The highest BCUT2D eigenvalue weighted by atomic mass is 32.2. The van der Waals surface area contributed by atoms with E-state index in [1.54, 1.807) is 36.4 Å². The molecule has 1 N–H and O–H groups in total. The van der Waals surface area contributed by atoms with E-state index in [1.807, 2.05) is 13.8 Å². The van der Waals surface area contributed by atoms with Crippen LogP contribution in [-0.4, -0.2) is 33.7 Å². The van der Waals surface area contributed by atoms with Gasteiger partial charge in [0.25, 0.3) is 15.9 Å². The van der Waals surface area contributed by atoms with Gasteiger partial charge in [-0.25, -0.2) is 18.2 Å². The molecule has 0 spiro atoms. The molecule has 0 saturated carbocycles. The van der Waals surface area contributed by atoms with Crippen LogP contribution >= 0.6 is 0 Å². The van der Waals surface area contributed by atoms with Crippen LogP contribution in [0.1, 0.15) is 18.1 Å². The van der Waals surface area contributed by atoms with E-state index in [9.17, 15) is 17.6 Å². The number of hydrazone groups is 1. The monoisotopic (exact) mass is 469 g/mol. The molecule has 33 heavy (non-hydrogen) atoms. The number of aryl methyl sites for hydroxylation is 1. The van der Waals surface area contributed by atoms with Gasteiger partial charge < -0.3 is 4.74 Å². The molecule has 0 fully saturated rings. The molecule has 0 aliphatic rings. The van der Waals surface area contributed by atoms with E-state index in [-0.39, 0.29) is 10.6 Å². The summed E-state index contributed by atoms with van der Waals surface area (Å²) >= 11 is 0. The summed E-state index contributed by atoms with van der Waals surface area (Å²) in [6.07, 6.45) is 1.43. The third-order valence-corrected chi connectivity index (χ3v) is 6.39. The zero-order valence-electron chi connectivity index (χ0n) is 18.2. The lowest BCUT2D eigenvalue weighted by atomic mass is 10.2. The standard InChI is InChI=1S/C24H24FN3O4S/c1-3-32-22-12-6-19(7-13-22)16-26-27-24(29)17-28(21-10-8-20(25)9-11-21)33(30,31)23-14-4-18(2)5-15-23/h4-16H,3,17H2,1-2H3,(H,27,29)/b26-16-. The summed E-state index contributed by atoms with van der Waals surface area (Å²) in [6, 6.07) is 18.2. The normalized spacial score (nSPS) is 11.4. The lowest BCUT2D eigenvalue weighted by Gasteiger charge is -2.23. The Morgan fingerprint density at radius 1 is 1.03 bits per heavy atom. The van der Waals surface area contributed by atoms with E-state index in [0.29, 0.717) is 6.61 Å². The topological polar surface area (TPSA) is 88.1 Å². The summed E-state index contributed by atoms with van der Waals surface area (Å²) < 4.78 is 46.2. The molecule has 7 nitrogen and oxygen atoms in total. The van der Waals surface area contributed by atoms with E-state index in [4.69, 9.17) is 4.74 Å². The van der Waals surface area contributed by atoms with Crippen molar-refractivity contribution in [3.05, 3.63) is 89.7 Å². The van der Waals surface area contributed by atoms with Gasteiger partial charge in [0.15, 0.2) is 0 Å². The molecule has 0 saturated heterocycles. The van der Waals surface area contributed by atoms with Crippen molar-refractivity contribution in [2.75, 3.05) is 17.5 Å². The van der Waals surface area contributed by atoms with Crippen LogP contribution < -0.4 is 14.5 Å². The number of halogens is 1. The largest absolute Gasteiger partial charge is 0.494 e. The maximum atomic E-state index is 13.4. The lowest BCUT2D eigenvalue weighted by Crippen LogP contribution is -2.39. The van der Waals surface area contributed by atoms with E-state index < -0.39 is 28.3 Å². The summed E-state index contributed by atoms with van der Waals surface area (Å²) in [6.45, 7) is 3.74. The summed E-state index contributed by atoms with van der Waals surface area (Å²) in [5, 5.41) is 3.90. The molecule has 172 valence electrons. The molecule has 3 rings (SSSR count). The number of sulfonamides is 1. The second-order valence-corrected chi connectivity index (χ2v) is 8.96. The molecule has 3 aromatic rings. The fourth-order valence-corrected chi connectivity index (χ4v) is 4.34. The quantitative estimate of drug-likeness (QED) is 0.381. The zero-order chi connectivity index (χ0) is 23.8. The van der Waals surface area contributed by atoms with Crippen LogP contribution in [0.3, 0.4) is 0 Å². The Balaban J connectivity index is 1.77. The van der Waals surface area contributed by atoms with Gasteiger partial charge in [0.05, 0.1) is 23.4 Å². The van der Waals surface area contributed by atoms with Crippen molar-refractivity contribution in [3.8, 4) is 5.75 Å². The molecular formula is C24H24FN3O4S. The van der Waals surface area contributed by atoms with Crippen LogP contribution in [-0.2, 0) is 14.8 Å². The minimum atomic E-state index is -4.08. The SMILES string of the molecule is CCOc1ccc(/C=N\NC(=O)CN(c2ccc(F)cc2)S(=O)(=O)c2ccc(C)cc2)cc1. The second-order valence-electron chi connectivity index (χ2n) is 7.10. The van der Waals surface area contributed by atoms with E-state index in [2.05, 4.69) is 10.5 Å². The summed E-state index contributed by atoms with van der Waals surface area (Å²) in [5.41, 5.74) is 4.11. The smallest absolute Gasteiger partial charge is 0.264 e. The van der Waals surface area contributed by atoms with Gasteiger partial charge in [-0.2, -0.15) is 5.10 Å². The molecule has 3 aromatic carbocycles. The number of carbonyl (C=O) groups excluding carboxylic acids is 1. The number of hydrogen-bond acceptors (Lipinski definition) is 5. The molecular weight excluding hydrogens is 445 g/mol. The van der Waals surface area contributed by atoms with Gasteiger partial charge in [-0.15, -0.1) is 0 Å². The fraction of sp³-hybridized carbons (Fsp3) is 0.167. The number of hydrogen-bond donors (Lipinski definition) is 1. The summed E-state index contributed by atoms with van der Waals surface area (Å²) in [7, 11) is -4.08. The molecule has 0 aliphatic heterocycles. The van der Waals surface area contributed by atoms with Gasteiger partial charge in [0.1, 0.15) is 18.1 Å². The minimum Gasteiger partial charge on any atom is -0.494 e.